The first-order valence-electron chi connectivity index (χ1n) is 5.49. The van der Waals surface area contributed by atoms with Crippen LogP contribution >= 0.6 is 0 Å². The van der Waals surface area contributed by atoms with Gasteiger partial charge in [-0.3, -0.25) is 4.79 Å². The molecule has 0 fully saturated rings. The van der Waals surface area contributed by atoms with Gasteiger partial charge in [-0.15, -0.1) is 0 Å². The van der Waals surface area contributed by atoms with Crippen LogP contribution in [0.15, 0.2) is 0 Å². The molecule has 0 spiro atoms. The molecule has 0 rings (SSSR count). The van der Waals surface area contributed by atoms with Crippen molar-refractivity contribution in [1.29, 1.82) is 0 Å². The second-order valence-electron chi connectivity index (χ2n) is 3.95. The second kappa shape index (κ2) is 7.80. The normalized spacial score (nSPS) is 12.9. The molecule has 0 aliphatic carbocycles. The SMILES string of the molecule is CCCC(C)OC(=O)CCNC(C)C. The van der Waals surface area contributed by atoms with Gasteiger partial charge in [-0.25, -0.2) is 0 Å². The first-order valence-corrected chi connectivity index (χ1v) is 5.49. The minimum Gasteiger partial charge on any atom is -0.463 e. The minimum atomic E-state index is -0.0981. The average molecular weight is 201 g/mol. The van der Waals surface area contributed by atoms with Gasteiger partial charge in [0.2, 0.25) is 0 Å². The molecule has 3 heteroatoms. The predicted octanol–water partition coefficient (Wildman–Crippen LogP) is 2.11. The molecule has 0 aromatic rings. The Morgan fingerprint density at radius 1 is 1.36 bits per heavy atom. The van der Waals surface area contributed by atoms with E-state index in [0.717, 1.165) is 12.8 Å². The molecule has 1 N–H and O–H groups in total. The van der Waals surface area contributed by atoms with Crippen LogP contribution in [0.2, 0.25) is 0 Å². The van der Waals surface area contributed by atoms with E-state index in [9.17, 15) is 4.79 Å². The van der Waals surface area contributed by atoms with Crippen molar-refractivity contribution < 1.29 is 9.53 Å². The average Bonchev–Trinajstić information content (AvgIpc) is 2.03. The molecule has 0 bridgehead atoms. The molecule has 0 aliphatic rings. The molecule has 0 radical (unpaired) electrons. The van der Waals surface area contributed by atoms with Crippen molar-refractivity contribution in [2.45, 2.75) is 59.1 Å². The van der Waals surface area contributed by atoms with Crippen molar-refractivity contribution in [2.24, 2.45) is 0 Å². The maximum absolute atomic E-state index is 11.2. The van der Waals surface area contributed by atoms with Gasteiger partial charge in [0, 0.05) is 12.6 Å². The van der Waals surface area contributed by atoms with Gasteiger partial charge in [0.15, 0.2) is 0 Å². The Morgan fingerprint density at radius 3 is 2.50 bits per heavy atom. The number of ether oxygens (including phenoxy) is 1. The van der Waals surface area contributed by atoms with Crippen LogP contribution in [-0.4, -0.2) is 24.7 Å². The quantitative estimate of drug-likeness (QED) is 0.641. The van der Waals surface area contributed by atoms with E-state index in [1.165, 1.54) is 0 Å². The third kappa shape index (κ3) is 8.05. The number of carbonyl (C=O) groups excluding carboxylic acids is 1. The van der Waals surface area contributed by atoms with E-state index >= 15 is 0 Å². The van der Waals surface area contributed by atoms with Gasteiger partial charge in [-0.1, -0.05) is 27.2 Å². The van der Waals surface area contributed by atoms with E-state index in [1.54, 1.807) is 0 Å². The smallest absolute Gasteiger partial charge is 0.307 e. The Balaban J connectivity index is 3.45. The molecule has 0 aliphatic heterocycles. The summed E-state index contributed by atoms with van der Waals surface area (Å²) in [6, 6.07) is 0.427. The Kier molecular flexibility index (Phi) is 7.48. The van der Waals surface area contributed by atoms with Gasteiger partial charge >= 0.3 is 5.97 Å². The van der Waals surface area contributed by atoms with Crippen molar-refractivity contribution in [3.8, 4) is 0 Å². The number of carbonyl (C=O) groups is 1. The monoisotopic (exact) mass is 201 g/mol. The zero-order valence-corrected chi connectivity index (χ0v) is 9.80. The van der Waals surface area contributed by atoms with Gasteiger partial charge in [0.05, 0.1) is 12.5 Å². The molecule has 0 aromatic carbocycles. The van der Waals surface area contributed by atoms with E-state index in [0.29, 0.717) is 19.0 Å². The molecular weight excluding hydrogens is 178 g/mol. The van der Waals surface area contributed by atoms with Crippen LogP contribution in [0.1, 0.15) is 47.0 Å². The lowest BCUT2D eigenvalue weighted by atomic mass is 10.2. The Morgan fingerprint density at radius 2 is 2.00 bits per heavy atom. The molecule has 0 saturated carbocycles. The molecule has 14 heavy (non-hydrogen) atoms. The fourth-order valence-corrected chi connectivity index (χ4v) is 1.21. The topological polar surface area (TPSA) is 38.3 Å². The Bertz CT molecular complexity index is 157. The van der Waals surface area contributed by atoms with Crippen LogP contribution in [0.25, 0.3) is 0 Å². The number of hydrogen-bond acceptors (Lipinski definition) is 3. The summed E-state index contributed by atoms with van der Waals surface area (Å²) in [5.74, 6) is -0.0981. The van der Waals surface area contributed by atoms with Gasteiger partial charge < -0.3 is 10.1 Å². The van der Waals surface area contributed by atoms with Crippen molar-refractivity contribution in [2.75, 3.05) is 6.54 Å². The molecule has 0 amide bonds. The molecular formula is C11H23NO2. The number of hydrogen-bond donors (Lipinski definition) is 1. The van der Waals surface area contributed by atoms with Crippen molar-refractivity contribution in [3.63, 3.8) is 0 Å². The number of rotatable bonds is 7. The predicted molar refractivity (Wildman–Crippen MR) is 58.2 cm³/mol. The lowest BCUT2D eigenvalue weighted by molar-refractivity contribution is -0.148. The maximum atomic E-state index is 11.2. The summed E-state index contributed by atoms with van der Waals surface area (Å²) in [6.07, 6.45) is 2.53. The summed E-state index contributed by atoms with van der Waals surface area (Å²) in [6.45, 7) is 8.85. The van der Waals surface area contributed by atoms with E-state index < -0.39 is 0 Å². The van der Waals surface area contributed by atoms with Gasteiger partial charge in [0.1, 0.15) is 0 Å². The Hall–Kier alpha value is -0.570. The molecule has 0 heterocycles. The number of esters is 1. The summed E-state index contributed by atoms with van der Waals surface area (Å²) in [4.78, 5) is 11.2. The van der Waals surface area contributed by atoms with Crippen molar-refractivity contribution in [1.82, 2.24) is 5.32 Å². The second-order valence-corrected chi connectivity index (χ2v) is 3.95. The summed E-state index contributed by atoms with van der Waals surface area (Å²) in [7, 11) is 0. The summed E-state index contributed by atoms with van der Waals surface area (Å²) in [5.41, 5.74) is 0. The lowest BCUT2D eigenvalue weighted by Crippen LogP contribution is -2.26. The summed E-state index contributed by atoms with van der Waals surface area (Å²) < 4.78 is 5.19. The maximum Gasteiger partial charge on any atom is 0.307 e. The first kappa shape index (κ1) is 13.4. The van der Waals surface area contributed by atoms with E-state index in [2.05, 4.69) is 26.1 Å². The van der Waals surface area contributed by atoms with Gasteiger partial charge in [-0.05, 0) is 13.3 Å². The summed E-state index contributed by atoms with van der Waals surface area (Å²) in [5, 5.41) is 3.18. The number of nitrogens with one attached hydrogen (secondary N) is 1. The molecule has 3 nitrogen and oxygen atoms in total. The largest absolute Gasteiger partial charge is 0.463 e. The van der Waals surface area contributed by atoms with Crippen LogP contribution in [-0.2, 0) is 9.53 Å². The Labute approximate surface area is 87.2 Å². The molecule has 1 unspecified atom stereocenters. The van der Waals surface area contributed by atoms with Crippen LogP contribution in [0.3, 0.4) is 0 Å². The highest BCUT2D eigenvalue weighted by Crippen LogP contribution is 2.02. The van der Waals surface area contributed by atoms with Gasteiger partial charge in [0.25, 0.3) is 0 Å². The third-order valence-electron chi connectivity index (χ3n) is 1.91. The zero-order valence-electron chi connectivity index (χ0n) is 9.80. The van der Waals surface area contributed by atoms with E-state index in [-0.39, 0.29) is 12.1 Å². The lowest BCUT2D eigenvalue weighted by Gasteiger charge is -2.12. The molecule has 0 aromatic heterocycles. The zero-order chi connectivity index (χ0) is 11.0. The highest BCUT2D eigenvalue weighted by molar-refractivity contribution is 5.69. The standard InChI is InChI=1S/C11H23NO2/c1-5-6-10(4)14-11(13)7-8-12-9(2)3/h9-10,12H,5-8H2,1-4H3. The van der Waals surface area contributed by atoms with Crippen molar-refractivity contribution >= 4 is 5.97 Å². The highest BCUT2D eigenvalue weighted by atomic mass is 16.5. The molecule has 84 valence electrons. The van der Waals surface area contributed by atoms with Crippen LogP contribution in [0.5, 0.6) is 0 Å². The van der Waals surface area contributed by atoms with E-state index in [1.807, 2.05) is 6.92 Å². The minimum absolute atomic E-state index is 0.0616. The fraction of sp³-hybridized carbons (Fsp3) is 0.909. The molecule has 0 saturated heterocycles. The van der Waals surface area contributed by atoms with Crippen LogP contribution in [0, 0.1) is 0 Å². The molecule has 1 atom stereocenters. The fourth-order valence-electron chi connectivity index (χ4n) is 1.21. The van der Waals surface area contributed by atoms with Crippen molar-refractivity contribution in [3.05, 3.63) is 0 Å². The van der Waals surface area contributed by atoms with Crippen LogP contribution < -0.4 is 5.32 Å². The van der Waals surface area contributed by atoms with E-state index in [4.69, 9.17) is 4.74 Å². The van der Waals surface area contributed by atoms with Gasteiger partial charge in [-0.2, -0.15) is 0 Å². The first-order chi connectivity index (χ1) is 6.56. The summed E-state index contributed by atoms with van der Waals surface area (Å²) >= 11 is 0. The highest BCUT2D eigenvalue weighted by Gasteiger charge is 2.07. The van der Waals surface area contributed by atoms with Crippen LogP contribution in [0.4, 0.5) is 0 Å². The third-order valence-corrected chi connectivity index (χ3v) is 1.91.